The highest BCUT2D eigenvalue weighted by Gasteiger charge is 2.38. The number of halogens is 1. The summed E-state index contributed by atoms with van der Waals surface area (Å²) >= 11 is 3.37. The third kappa shape index (κ3) is 3.52. The predicted octanol–water partition coefficient (Wildman–Crippen LogP) is 2.86. The molecular weight excluding hydrogens is 370 g/mol. The van der Waals surface area contributed by atoms with Gasteiger partial charge < -0.3 is 4.74 Å². The SMILES string of the molecule is CCOC(=O)C1CCCCN1S(=O)(=O)c1ccc(Br)c(C)c1. The lowest BCUT2D eigenvalue weighted by Gasteiger charge is -2.33. The molecule has 0 N–H and O–H groups in total. The monoisotopic (exact) mass is 389 g/mol. The Morgan fingerprint density at radius 2 is 2.14 bits per heavy atom. The number of benzene rings is 1. The maximum absolute atomic E-state index is 12.9. The van der Waals surface area contributed by atoms with E-state index in [0.717, 1.165) is 22.9 Å². The second kappa shape index (κ2) is 7.10. The van der Waals surface area contributed by atoms with Crippen molar-refractivity contribution < 1.29 is 17.9 Å². The lowest BCUT2D eigenvalue weighted by Crippen LogP contribution is -2.48. The van der Waals surface area contributed by atoms with Crippen molar-refractivity contribution in [1.82, 2.24) is 4.31 Å². The second-order valence-corrected chi connectivity index (χ2v) is 8.04. The number of carbonyl (C=O) groups excluding carboxylic acids is 1. The minimum absolute atomic E-state index is 0.212. The van der Waals surface area contributed by atoms with Gasteiger partial charge in [0.25, 0.3) is 0 Å². The van der Waals surface area contributed by atoms with Crippen LogP contribution in [0.1, 0.15) is 31.7 Å². The van der Waals surface area contributed by atoms with Crippen LogP contribution >= 0.6 is 15.9 Å². The van der Waals surface area contributed by atoms with Crippen LogP contribution in [0.3, 0.4) is 0 Å². The van der Waals surface area contributed by atoms with E-state index in [1.54, 1.807) is 25.1 Å². The van der Waals surface area contributed by atoms with Crippen LogP contribution in [-0.2, 0) is 19.6 Å². The van der Waals surface area contributed by atoms with E-state index in [9.17, 15) is 13.2 Å². The third-order valence-electron chi connectivity index (χ3n) is 3.75. The third-order valence-corrected chi connectivity index (χ3v) is 6.54. The number of esters is 1. The summed E-state index contributed by atoms with van der Waals surface area (Å²) in [7, 11) is -3.70. The van der Waals surface area contributed by atoms with E-state index in [1.165, 1.54) is 4.31 Å². The Morgan fingerprint density at radius 1 is 1.41 bits per heavy atom. The number of rotatable bonds is 4. The highest BCUT2D eigenvalue weighted by molar-refractivity contribution is 9.10. The molecule has 7 heteroatoms. The van der Waals surface area contributed by atoms with Crippen LogP contribution in [-0.4, -0.2) is 37.9 Å². The summed E-state index contributed by atoms with van der Waals surface area (Å²) in [6.45, 7) is 4.15. The van der Waals surface area contributed by atoms with Gasteiger partial charge in [-0.05, 0) is 56.9 Å². The Balaban J connectivity index is 2.36. The number of aryl methyl sites for hydroxylation is 1. The maximum Gasteiger partial charge on any atom is 0.324 e. The molecule has 0 spiro atoms. The molecule has 5 nitrogen and oxygen atoms in total. The number of hydrogen-bond donors (Lipinski definition) is 0. The van der Waals surface area contributed by atoms with Gasteiger partial charge in [0, 0.05) is 11.0 Å². The Hall–Kier alpha value is -0.920. The molecule has 1 saturated heterocycles. The van der Waals surface area contributed by atoms with Crippen molar-refractivity contribution in [3.8, 4) is 0 Å². The molecule has 0 bridgehead atoms. The smallest absolute Gasteiger partial charge is 0.324 e. The van der Waals surface area contributed by atoms with E-state index in [0.29, 0.717) is 13.0 Å². The van der Waals surface area contributed by atoms with Gasteiger partial charge in [-0.2, -0.15) is 4.31 Å². The van der Waals surface area contributed by atoms with E-state index in [-0.39, 0.29) is 11.5 Å². The van der Waals surface area contributed by atoms with Gasteiger partial charge in [-0.1, -0.05) is 15.9 Å². The van der Waals surface area contributed by atoms with E-state index in [4.69, 9.17) is 4.74 Å². The molecule has 0 aliphatic carbocycles. The topological polar surface area (TPSA) is 63.7 Å². The fourth-order valence-electron chi connectivity index (χ4n) is 2.58. The van der Waals surface area contributed by atoms with Crippen LogP contribution in [0.5, 0.6) is 0 Å². The first-order valence-corrected chi connectivity index (χ1v) is 9.56. The van der Waals surface area contributed by atoms with Crippen LogP contribution in [0.15, 0.2) is 27.6 Å². The van der Waals surface area contributed by atoms with E-state index in [1.807, 2.05) is 6.92 Å². The summed E-state index contributed by atoms with van der Waals surface area (Å²) in [5.41, 5.74) is 0.839. The van der Waals surface area contributed by atoms with Gasteiger partial charge in [0.2, 0.25) is 10.0 Å². The van der Waals surface area contributed by atoms with Gasteiger partial charge >= 0.3 is 5.97 Å². The Bertz CT molecular complexity index is 660. The van der Waals surface area contributed by atoms with Crippen molar-refractivity contribution >= 4 is 31.9 Å². The average molecular weight is 390 g/mol. The minimum Gasteiger partial charge on any atom is -0.465 e. The molecule has 0 radical (unpaired) electrons. The van der Waals surface area contributed by atoms with Crippen LogP contribution in [0.4, 0.5) is 0 Å². The molecule has 1 fully saturated rings. The first kappa shape index (κ1) is 17.4. The van der Waals surface area contributed by atoms with Gasteiger partial charge in [-0.3, -0.25) is 4.79 Å². The molecule has 1 atom stereocenters. The normalized spacial score (nSPS) is 19.9. The van der Waals surface area contributed by atoms with E-state index in [2.05, 4.69) is 15.9 Å². The zero-order valence-electron chi connectivity index (χ0n) is 12.7. The van der Waals surface area contributed by atoms with Gasteiger partial charge in [0.05, 0.1) is 11.5 Å². The van der Waals surface area contributed by atoms with Crippen molar-refractivity contribution in [2.45, 2.75) is 44.0 Å². The van der Waals surface area contributed by atoms with Crippen LogP contribution < -0.4 is 0 Å². The van der Waals surface area contributed by atoms with Crippen LogP contribution in [0.2, 0.25) is 0 Å². The quantitative estimate of drug-likeness (QED) is 0.742. The first-order chi connectivity index (χ1) is 10.4. The molecule has 1 heterocycles. The van der Waals surface area contributed by atoms with Crippen molar-refractivity contribution in [3.63, 3.8) is 0 Å². The van der Waals surface area contributed by atoms with Crippen LogP contribution in [0.25, 0.3) is 0 Å². The number of carbonyl (C=O) groups is 1. The molecule has 122 valence electrons. The van der Waals surface area contributed by atoms with Crippen molar-refractivity contribution in [1.29, 1.82) is 0 Å². The fraction of sp³-hybridized carbons (Fsp3) is 0.533. The molecular formula is C15H20BrNO4S. The Kier molecular flexibility index (Phi) is 5.63. The summed E-state index contributed by atoms with van der Waals surface area (Å²) in [4.78, 5) is 12.3. The second-order valence-electron chi connectivity index (χ2n) is 5.29. The largest absolute Gasteiger partial charge is 0.465 e. The standard InChI is InChI=1S/C15H20BrNO4S/c1-3-21-15(18)14-6-4-5-9-17(14)22(19,20)12-7-8-13(16)11(2)10-12/h7-8,10,14H,3-6,9H2,1-2H3. The highest BCUT2D eigenvalue weighted by atomic mass is 79.9. The lowest BCUT2D eigenvalue weighted by molar-refractivity contribution is -0.148. The molecule has 2 rings (SSSR count). The van der Waals surface area contributed by atoms with E-state index >= 15 is 0 Å². The number of sulfonamides is 1. The lowest BCUT2D eigenvalue weighted by atomic mass is 10.1. The number of ether oxygens (including phenoxy) is 1. The summed E-state index contributed by atoms with van der Waals surface area (Å²) in [6, 6.07) is 4.17. The Labute approximate surface area is 139 Å². The number of hydrogen-bond acceptors (Lipinski definition) is 4. The molecule has 0 saturated carbocycles. The van der Waals surface area contributed by atoms with Crippen molar-refractivity contribution in [2.75, 3.05) is 13.2 Å². The highest BCUT2D eigenvalue weighted by Crippen LogP contribution is 2.28. The van der Waals surface area contributed by atoms with Crippen LogP contribution in [0, 0.1) is 6.92 Å². The average Bonchev–Trinajstić information content (AvgIpc) is 2.50. The van der Waals surface area contributed by atoms with Gasteiger partial charge in [0.15, 0.2) is 0 Å². The molecule has 1 aromatic carbocycles. The van der Waals surface area contributed by atoms with Gasteiger partial charge in [-0.15, -0.1) is 0 Å². The Morgan fingerprint density at radius 3 is 2.77 bits per heavy atom. The molecule has 0 amide bonds. The fourth-order valence-corrected chi connectivity index (χ4v) is 4.56. The summed E-state index contributed by atoms with van der Waals surface area (Å²) in [5.74, 6) is -0.459. The molecule has 1 aliphatic rings. The summed E-state index contributed by atoms with van der Waals surface area (Å²) in [5, 5.41) is 0. The molecule has 1 unspecified atom stereocenters. The first-order valence-electron chi connectivity index (χ1n) is 7.32. The molecule has 1 aliphatic heterocycles. The summed E-state index contributed by atoms with van der Waals surface area (Å²) < 4.78 is 32.9. The van der Waals surface area contributed by atoms with Gasteiger partial charge in [-0.25, -0.2) is 8.42 Å². The maximum atomic E-state index is 12.9. The number of piperidine rings is 1. The van der Waals surface area contributed by atoms with Gasteiger partial charge in [0.1, 0.15) is 6.04 Å². The van der Waals surface area contributed by atoms with Crippen molar-refractivity contribution in [3.05, 3.63) is 28.2 Å². The number of nitrogens with zero attached hydrogens (tertiary/aromatic N) is 1. The molecule has 22 heavy (non-hydrogen) atoms. The zero-order chi connectivity index (χ0) is 16.3. The minimum atomic E-state index is -3.70. The molecule has 0 aromatic heterocycles. The summed E-state index contributed by atoms with van der Waals surface area (Å²) in [6.07, 6.45) is 2.09. The zero-order valence-corrected chi connectivity index (χ0v) is 15.1. The van der Waals surface area contributed by atoms with E-state index < -0.39 is 22.0 Å². The molecule has 1 aromatic rings. The van der Waals surface area contributed by atoms with Crippen molar-refractivity contribution in [2.24, 2.45) is 0 Å². The predicted molar refractivity (Wildman–Crippen MR) is 87.0 cm³/mol.